The number of halogens is 2. The largest absolute Gasteiger partial charge is 0.508 e. The number of anilines is 2. The normalized spacial score (nSPS) is 13.5. The van der Waals surface area contributed by atoms with E-state index in [1.807, 2.05) is 57.8 Å². The molecule has 1 saturated heterocycles. The van der Waals surface area contributed by atoms with Crippen LogP contribution in [0.4, 0.5) is 16.4 Å². The average molecular weight is 939 g/mol. The van der Waals surface area contributed by atoms with Gasteiger partial charge in [0.15, 0.2) is 5.82 Å². The Labute approximate surface area is 392 Å². The van der Waals surface area contributed by atoms with E-state index < -0.39 is 23.9 Å². The Morgan fingerprint density at radius 1 is 0.924 bits per heavy atom. The summed E-state index contributed by atoms with van der Waals surface area (Å²) in [6, 6.07) is 16.6. The maximum absolute atomic E-state index is 13.7. The van der Waals surface area contributed by atoms with Crippen molar-refractivity contribution in [2.45, 2.75) is 71.5 Å². The van der Waals surface area contributed by atoms with Gasteiger partial charge in [0.1, 0.15) is 35.4 Å². The minimum atomic E-state index is -0.716. The van der Waals surface area contributed by atoms with Gasteiger partial charge in [-0.3, -0.25) is 14.2 Å². The lowest BCUT2D eigenvalue weighted by Gasteiger charge is -2.37. The first kappa shape index (κ1) is 47.1. The van der Waals surface area contributed by atoms with Crippen molar-refractivity contribution in [3.8, 4) is 39.7 Å². The van der Waals surface area contributed by atoms with Gasteiger partial charge in [0.2, 0.25) is 5.82 Å². The van der Waals surface area contributed by atoms with E-state index in [4.69, 9.17) is 32.9 Å². The van der Waals surface area contributed by atoms with Gasteiger partial charge in [0.05, 0.1) is 28.5 Å². The number of benzene rings is 2. The van der Waals surface area contributed by atoms with Crippen molar-refractivity contribution >= 4 is 52.7 Å². The van der Waals surface area contributed by atoms with Gasteiger partial charge in [0, 0.05) is 73.4 Å². The molecule has 1 aliphatic rings. The number of likely N-dealkylation sites (tertiary alicyclic amines) is 1. The van der Waals surface area contributed by atoms with Crippen molar-refractivity contribution in [3.63, 3.8) is 0 Å². The zero-order valence-electron chi connectivity index (χ0n) is 37.5. The first-order valence-electron chi connectivity index (χ1n) is 21.7. The molecule has 7 rings (SSSR count). The van der Waals surface area contributed by atoms with Crippen LogP contribution in [0, 0.1) is 0 Å². The fourth-order valence-corrected chi connectivity index (χ4v) is 8.22. The maximum atomic E-state index is 13.7. The van der Waals surface area contributed by atoms with Crippen molar-refractivity contribution < 1.29 is 29.3 Å². The highest BCUT2D eigenvalue weighted by atomic mass is 35.5. The molecule has 0 bridgehead atoms. The average Bonchev–Trinajstić information content (AvgIpc) is 3.97. The fourth-order valence-electron chi connectivity index (χ4n) is 7.81. The molecule has 1 unspecified atom stereocenters. The van der Waals surface area contributed by atoms with Gasteiger partial charge in [-0.15, -0.1) is 10.2 Å². The summed E-state index contributed by atoms with van der Waals surface area (Å²) in [7, 11) is 1.94. The number of H-pyrrole nitrogens is 1. The molecule has 346 valence electrons. The standard InChI is InChI=1S/C47H53Cl2N11O6/c1-7-50-46(64)44-57-56-43(35-19-33(26(2)3)39(61)21-40(35)62)60(44)32-11-12-42(53-23-32)58(6)31-13-15-59(16-14-31)47(65)66-25-38(28-9-8-10-30(48)17-28)55-45(63)37-18-29(22-51-37)34-20-41(54-27(4)5)52-24-36(34)49/h8-12,17-24,26-27,31,38,51,61-62H,7,13-16,25H2,1-6H3,(H,50,64)(H,52,54)(H,55,63). The molecule has 6 aromatic rings. The highest BCUT2D eigenvalue weighted by Gasteiger charge is 2.29. The molecule has 3 amide bonds. The zero-order chi connectivity index (χ0) is 47.2. The predicted molar refractivity (Wildman–Crippen MR) is 254 cm³/mol. The van der Waals surface area contributed by atoms with Crippen LogP contribution in [0.3, 0.4) is 0 Å². The number of phenols is 2. The number of phenolic OH excluding ortho intramolecular Hbond substituents is 2. The minimum Gasteiger partial charge on any atom is -0.508 e. The van der Waals surface area contributed by atoms with E-state index in [9.17, 15) is 24.6 Å². The van der Waals surface area contributed by atoms with Crippen LogP contribution in [0.2, 0.25) is 10.0 Å². The van der Waals surface area contributed by atoms with E-state index in [1.54, 1.807) is 66.8 Å². The van der Waals surface area contributed by atoms with Crippen LogP contribution in [0.15, 0.2) is 79.3 Å². The van der Waals surface area contributed by atoms with Gasteiger partial charge in [-0.25, -0.2) is 14.8 Å². The second kappa shape index (κ2) is 20.5. The first-order valence-corrected chi connectivity index (χ1v) is 22.4. The van der Waals surface area contributed by atoms with Gasteiger partial charge in [-0.1, -0.05) is 49.2 Å². The van der Waals surface area contributed by atoms with Crippen LogP contribution >= 0.6 is 23.2 Å². The molecule has 66 heavy (non-hydrogen) atoms. The van der Waals surface area contributed by atoms with Crippen LogP contribution < -0.4 is 20.9 Å². The number of amides is 3. The Kier molecular flexibility index (Phi) is 14.7. The van der Waals surface area contributed by atoms with E-state index in [2.05, 4.69) is 36.1 Å². The summed E-state index contributed by atoms with van der Waals surface area (Å²) in [5, 5.41) is 39.8. The molecule has 0 saturated carbocycles. The maximum Gasteiger partial charge on any atom is 0.409 e. The summed E-state index contributed by atoms with van der Waals surface area (Å²) in [5.74, 6) is 0.326. The Balaban J connectivity index is 0.997. The van der Waals surface area contributed by atoms with Crippen LogP contribution in [-0.2, 0) is 4.74 Å². The molecule has 1 fully saturated rings. The fraction of sp³-hybridized carbons (Fsp3) is 0.340. The number of aromatic hydroxyl groups is 2. The van der Waals surface area contributed by atoms with Crippen LogP contribution in [0.5, 0.6) is 11.5 Å². The summed E-state index contributed by atoms with van der Waals surface area (Å²) in [6.07, 6.45) is 5.62. The first-order chi connectivity index (χ1) is 31.6. The van der Waals surface area contributed by atoms with Crippen molar-refractivity contribution in [3.05, 3.63) is 112 Å². The predicted octanol–water partition coefficient (Wildman–Crippen LogP) is 8.34. The second-order valence-corrected chi connectivity index (χ2v) is 17.5. The van der Waals surface area contributed by atoms with E-state index in [0.717, 1.165) is 0 Å². The van der Waals surface area contributed by atoms with Crippen molar-refractivity contribution in [2.24, 2.45) is 0 Å². The molecule has 19 heteroatoms. The summed E-state index contributed by atoms with van der Waals surface area (Å²) in [5.41, 5.74) is 3.73. The molecule has 5 heterocycles. The van der Waals surface area contributed by atoms with E-state index in [1.165, 1.54) is 10.6 Å². The number of rotatable bonds is 15. The molecule has 17 nitrogen and oxygen atoms in total. The zero-order valence-corrected chi connectivity index (χ0v) is 39.0. The Hall–Kier alpha value is -6.85. The molecule has 1 aliphatic heterocycles. The lowest BCUT2D eigenvalue weighted by Crippen LogP contribution is -2.46. The number of pyridine rings is 2. The Morgan fingerprint density at radius 2 is 1.70 bits per heavy atom. The van der Waals surface area contributed by atoms with Crippen LogP contribution in [0.1, 0.15) is 91.7 Å². The smallest absolute Gasteiger partial charge is 0.409 e. The molecule has 2 aromatic carbocycles. The van der Waals surface area contributed by atoms with E-state index >= 15 is 0 Å². The number of hydrogen-bond acceptors (Lipinski definition) is 12. The van der Waals surface area contributed by atoms with Crippen molar-refractivity contribution in [2.75, 3.05) is 43.5 Å². The summed E-state index contributed by atoms with van der Waals surface area (Å²) < 4.78 is 7.38. The number of aromatic amines is 1. The third-order valence-electron chi connectivity index (χ3n) is 11.3. The number of carbonyl (C=O) groups is 3. The van der Waals surface area contributed by atoms with Crippen molar-refractivity contribution in [1.82, 2.24) is 45.2 Å². The molecule has 1 atom stereocenters. The molecular formula is C47H53Cl2N11O6. The highest BCUT2D eigenvalue weighted by molar-refractivity contribution is 6.33. The van der Waals surface area contributed by atoms with Gasteiger partial charge >= 0.3 is 6.09 Å². The highest BCUT2D eigenvalue weighted by Crippen LogP contribution is 2.38. The lowest BCUT2D eigenvalue weighted by atomic mass is 9.98. The molecule has 6 N–H and O–H groups in total. The summed E-state index contributed by atoms with van der Waals surface area (Å²) in [6.45, 7) is 10.7. The van der Waals surface area contributed by atoms with Gasteiger partial charge in [-0.2, -0.15) is 0 Å². The minimum absolute atomic E-state index is 0.00398. The monoisotopic (exact) mass is 937 g/mol. The quantitative estimate of drug-likeness (QED) is 0.0573. The van der Waals surface area contributed by atoms with Crippen LogP contribution in [0.25, 0.3) is 28.2 Å². The Bertz CT molecular complexity index is 2700. The Morgan fingerprint density at radius 3 is 2.38 bits per heavy atom. The molecule has 0 spiro atoms. The van der Waals surface area contributed by atoms with E-state index in [0.29, 0.717) is 87.7 Å². The van der Waals surface area contributed by atoms with Crippen molar-refractivity contribution in [1.29, 1.82) is 0 Å². The topological polar surface area (TPSA) is 216 Å². The van der Waals surface area contributed by atoms with Crippen LogP contribution in [-0.4, -0.2) is 108 Å². The summed E-state index contributed by atoms with van der Waals surface area (Å²) in [4.78, 5) is 56.1. The third-order valence-corrected chi connectivity index (χ3v) is 11.8. The number of ether oxygens (including phenoxy) is 1. The van der Waals surface area contributed by atoms with Gasteiger partial charge < -0.3 is 45.7 Å². The lowest BCUT2D eigenvalue weighted by molar-refractivity contribution is 0.0765. The number of hydrogen-bond donors (Lipinski definition) is 6. The number of carbonyl (C=O) groups excluding carboxylic acids is 3. The second-order valence-electron chi connectivity index (χ2n) is 16.6. The number of nitrogens with one attached hydrogen (secondary N) is 4. The van der Waals surface area contributed by atoms with Gasteiger partial charge in [0.25, 0.3) is 11.8 Å². The molecule has 0 aliphatic carbocycles. The molecular weight excluding hydrogens is 885 g/mol. The number of aromatic nitrogens is 6. The third kappa shape index (κ3) is 10.6. The summed E-state index contributed by atoms with van der Waals surface area (Å²) >= 11 is 12.8. The SMILES string of the molecule is CCNC(=O)c1nnc(-c2cc(C(C)C)c(O)cc2O)n1-c1ccc(N(C)C2CCN(C(=O)OCC(NC(=O)c3cc(-c4cc(NC(C)C)ncc4Cl)c[nH]3)c3cccc(Cl)c3)CC2)nc1. The number of nitrogens with zero attached hydrogens (tertiary/aromatic N) is 7. The van der Waals surface area contributed by atoms with E-state index in [-0.39, 0.29) is 53.5 Å². The molecule has 4 aromatic heterocycles. The number of piperidine rings is 1. The molecule has 0 radical (unpaired) electrons. The van der Waals surface area contributed by atoms with Gasteiger partial charge in [-0.05, 0) is 93.1 Å².